The van der Waals surface area contributed by atoms with Gasteiger partial charge in [0.1, 0.15) is 5.82 Å². The van der Waals surface area contributed by atoms with Crippen molar-refractivity contribution in [1.82, 2.24) is 15.6 Å². The van der Waals surface area contributed by atoms with Crippen molar-refractivity contribution in [3.63, 3.8) is 0 Å². The maximum atomic E-state index is 5.89. The van der Waals surface area contributed by atoms with Crippen LogP contribution < -0.4 is 15.5 Å². The van der Waals surface area contributed by atoms with E-state index in [1.165, 1.54) is 5.56 Å². The first kappa shape index (κ1) is 21.5. The third-order valence-corrected chi connectivity index (χ3v) is 3.78. The van der Waals surface area contributed by atoms with Crippen LogP contribution in [0.5, 0.6) is 0 Å². The van der Waals surface area contributed by atoms with Crippen molar-refractivity contribution < 1.29 is 0 Å². The molecule has 0 radical (unpaired) electrons. The first-order valence-electron chi connectivity index (χ1n) is 7.90. The maximum absolute atomic E-state index is 5.89. The van der Waals surface area contributed by atoms with Crippen LogP contribution >= 0.6 is 35.6 Å². The summed E-state index contributed by atoms with van der Waals surface area (Å²) in [5.74, 6) is 1.71. The molecule has 5 nitrogen and oxygen atoms in total. The number of guanidine groups is 1. The number of aromatic nitrogens is 1. The predicted octanol–water partition coefficient (Wildman–Crippen LogP) is 3.33. The van der Waals surface area contributed by atoms with Crippen LogP contribution in [-0.2, 0) is 13.0 Å². The fourth-order valence-electron chi connectivity index (χ4n) is 2.19. The molecule has 136 valence electrons. The molecular weight excluding hydrogens is 449 g/mol. The van der Waals surface area contributed by atoms with E-state index in [1.54, 1.807) is 7.05 Å². The van der Waals surface area contributed by atoms with Gasteiger partial charge in [0.05, 0.1) is 12.2 Å². The summed E-state index contributed by atoms with van der Waals surface area (Å²) in [6.45, 7) is 1.43. The van der Waals surface area contributed by atoms with Gasteiger partial charge < -0.3 is 15.5 Å². The third-order valence-electron chi connectivity index (χ3n) is 3.53. The number of anilines is 1. The van der Waals surface area contributed by atoms with E-state index in [4.69, 9.17) is 11.6 Å². The molecule has 0 atom stereocenters. The van der Waals surface area contributed by atoms with Gasteiger partial charge in [-0.1, -0.05) is 29.8 Å². The van der Waals surface area contributed by atoms with Crippen LogP contribution in [0.3, 0.4) is 0 Å². The second-order valence-corrected chi connectivity index (χ2v) is 6.05. The number of benzene rings is 1. The highest BCUT2D eigenvalue weighted by atomic mass is 127. The SMILES string of the molecule is CN=C(NCCc1ccc(Cl)cc1)NCc1cccc(N(C)C)n1.I. The van der Waals surface area contributed by atoms with Gasteiger partial charge >= 0.3 is 0 Å². The summed E-state index contributed by atoms with van der Waals surface area (Å²) in [6.07, 6.45) is 0.909. The van der Waals surface area contributed by atoms with E-state index < -0.39 is 0 Å². The third kappa shape index (κ3) is 7.48. The smallest absolute Gasteiger partial charge is 0.191 e. The molecule has 1 heterocycles. The van der Waals surface area contributed by atoms with Crippen molar-refractivity contribution in [3.8, 4) is 0 Å². The number of pyridine rings is 1. The highest BCUT2D eigenvalue weighted by Gasteiger charge is 2.02. The number of halogens is 2. The Kier molecular flexibility index (Phi) is 9.59. The molecule has 0 bridgehead atoms. The second-order valence-electron chi connectivity index (χ2n) is 5.61. The van der Waals surface area contributed by atoms with E-state index in [0.29, 0.717) is 6.54 Å². The van der Waals surface area contributed by atoms with Crippen molar-refractivity contribution in [2.75, 3.05) is 32.6 Å². The Balaban J connectivity index is 0.00000312. The zero-order valence-corrected chi connectivity index (χ0v) is 17.9. The average molecular weight is 474 g/mol. The van der Waals surface area contributed by atoms with Gasteiger partial charge in [0, 0.05) is 32.7 Å². The zero-order valence-electron chi connectivity index (χ0n) is 14.8. The number of nitrogens with zero attached hydrogens (tertiary/aromatic N) is 3. The molecule has 0 amide bonds. The van der Waals surface area contributed by atoms with Crippen LogP contribution in [0.25, 0.3) is 0 Å². The Bertz CT molecular complexity index is 673. The number of hydrogen-bond acceptors (Lipinski definition) is 3. The molecule has 0 unspecified atom stereocenters. The Morgan fingerprint density at radius 1 is 1.12 bits per heavy atom. The predicted molar refractivity (Wildman–Crippen MR) is 117 cm³/mol. The Labute approximate surface area is 171 Å². The minimum atomic E-state index is 0. The molecule has 0 aliphatic heterocycles. The molecule has 0 spiro atoms. The van der Waals surface area contributed by atoms with Gasteiger partial charge in [-0.15, -0.1) is 24.0 Å². The number of hydrogen-bond donors (Lipinski definition) is 2. The normalized spacial score (nSPS) is 10.8. The highest BCUT2D eigenvalue weighted by Crippen LogP contribution is 2.09. The summed E-state index contributed by atoms with van der Waals surface area (Å²) in [7, 11) is 5.73. The molecule has 0 saturated heterocycles. The molecule has 2 N–H and O–H groups in total. The van der Waals surface area contributed by atoms with Crippen molar-refractivity contribution in [3.05, 3.63) is 58.7 Å². The van der Waals surface area contributed by atoms with Gasteiger partial charge in [-0.3, -0.25) is 4.99 Å². The Hall–Kier alpha value is -1.54. The van der Waals surface area contributed by atoms with Crippen LogP contribution in [0.1, 0.15) is 11.3 Å². The summed E-state index contributed by atoms with van der Waals surface area (Å²) in [6, 6.07) is 13.9. The van der Waals surface area contributed by atoms with E-state index in [2.05, 4.69) is 20.6 Å². The molecule has 1 aromatic carbocycles. The van der Waals surface area contributed by atoms with Crippen LogP contribution in [0, 0.1) is 0 Å². The van der Waals surface area contributed by atoms with Crippen LogP contribution in [0.2, 0.25) is 5.02 Å². The van der Waals surface area contributed by atoms with E-state index >= 15 is 0 Å². The standard InChI is InChI=1S/C18H24ClN5.HI/c1-20-18(21-12-11-14-7-9-15(19)10-8-14)22-13-16-5-4-6-17(23-16)24(2)3;/h4-10H,11-13H2,1-3H3,(H2,20,21,22);1H. The molecule has 2 aromatic rings. The van der Waals surface area contributed by atoms with Crippen LogP contribution in [0.4, 0.5) is 5.82 Å². The molecule has 0 aliphatic rings. The molecule has 1 aromatic heterocycles. The lowest BCUT2D eigenvalue weighted by Crippen LogP contribution is -2.38. The van der Waals surface area contributed by atoms with Crippen molar-refractivity contribution in [1.29, 1.82) is 0 Å². The van der Waals surface area contributed by atoms with E-state index in [-0.39, 0.29) is 24.0 Å². The molecule has 0 saturated carbocycles. The van der Waals surface area contributed by atoms with E-state index in [1.807, 2.05) is 61.5 Å². The summed E-state index contributed by atoms with van der Waals surface area (Å²) in [5.41, 5.74) is 2.21. The molecule has 0 aliphatic carbocycles. The van der Waals surface area contributed by atoms with Crippen molar-refractivity contribution in [2.45, 2.75) is 13.0 Å². The monoisotopic (exact) mass is 473 g/mol. The molecule has 0 fully saturated rings. The van der Waals surface area contributed by atoms with Crippen LogP contribution in [-0.4, -0.2) is 38.6 Å². The summed E-state index contributed by atoms with van der Waals surface area (Å²) in [4.78, 5) is 10.8. The fraction of sp³-hybridized carbons (Fsp3) is 0.333. The second kappa shape index (κ2) is 11.1. The largest absolute Gasteiger partial charge is 0.363 e. The Morgan fingerprint density at radius 2 is 1.84 bits per heavy atom. The topological polar surface area (TPSA) is 52.6 Å². The van der Waals surface area contributed by atoms with Gasteiger partial charge in [0.25, 0.3) is 0 Å². The molecular formula is C18H25ClIN5. The summed E-state index contributed by atoms with van der Waals surface area (Å²) >= 11 is 5.89. The highest BCUT2D eigenvalue weighted by molar-refractivity contribution is 14.0. The zero-order chi connectivity index (χ0) is 17.4. The van der Waals surface area contributed by atoms with Crippen molar-refractivity contribution in [2.24, 2.45) is 4.99 Å². The maximum Gasteiger partial charge on any atom is 0.191 e. The first-order chi connectivity index (χ1) is 11.6. The van der Waals surface area contributed by atoms with Gasteiger partial charge in [-0.25, -0.2) is 4.98 Å². The van der Waals surface area contributed by atoms with Crippen molar-refractivity contribution >= 4 is 47.4 Å². The quantitative estimate of drug-likeness (QED) is 0.384. The molecule has 7 heteroatoms. The van der Waals surface area contributed by atoms with E-state index in [0.717, 1.165) is 35.5 Å². The van der Waals surface area contributed by atoms with Gasteiger partial charge in [-0.2, -0.15) is 0 Å². The van der Waals surface area contributed by atoms with Gasteiger partial charge in [0.15, 0.2) is 5.96 Å². The first-order valence-corrected chi connectivity index (χ1v) is 8.28. The van der Waals surface area contributed by atoms with Gasteiger partial charge in [-0.05, 0) is 36.2 Å². The number of aliphatic imine (C=N–C) groups is 1. The fourth-order valence-corrected chi connectivity index (χ4v) is 2.31. The average Bonchev–Trinajstić information content (AvgIpc) is 2.59. The minimum Gasteiger partial charge on any atom is -0.363 e. The molecule has 2 rings (SSSR count). The molecule has 25 heavy (non-hydrogen) atoms. The van der Waals surface area contributed by atoms with E-state index in [9.17, 15) is 0 Å². The number of nitrogens with one attached hydrogen (secondary N) is 2. The summed E-state index contributed by atoms with van der Waals surface area (Å²) < 4.78 is 0. The van der Waals surface area contributed by atoms with Gasteiger partial charge in [0.2, 0.25) is 0 Å². The lowest BCUT2D eigenvalue weighted by Gasteiger charge is -2.14. The minimum absolute atomic E-state index is 0. The Morgan fingerprint density at radius 3 is 2.48 bits per heavy atom. The van der Waals surface area contributed by atoms with Crippen LogP contribution in [0.15, 0.2) is 47.5 Å². The number of rotatable bonds is 6. The lowest BCUT2D eigenvalue weighted by atomic mass is 10.1. The summed E-state index contributed by atoms with van der Waals surface area (Å²) in [5, 5.41) is 7.35. The lowest BCUT2D eigenvalue weighted by molar-refractivity contribution is 0.782.